The van der Waals surface area contributed by atoms with E-state index >= 15 is 0 Å². The van der Waals surface area contributed by atoms with Crippen molar-refractivity contribution in [3.63, 3.8) is 0 Å². The molecule has 2 N–H and O–H groups in total. The Morgan fingerprint density at radius 1 is 1.11 bits per heavy atom. The molecule has 1 heterocycles. The number of rotatable bonds is 3. The smallest absolute Gasteiger partial charge is 0.336 e. The van der Waals surface area contributed by atoms with Crippen molar-refractivity contribution in [3.05, 3.63) is 87.3 Å². The van der Waals surface area contributed by atoms with Gasteiger partial charge in [-0.3, -0.25) is 4.79 Å². The third-order valence-electron chi connectivity index (χ3n) is 8.31. The molecule has 0 aliphatic heterocycles. The number of aromatic hydroxyl groups is 2. The van der Waals surface area contributed by atoms with Gasteiger partial charge in [0, 0.05) is 35.3 Å². The van der Waals surface area contributed by atoms with E-state index < -0.39 is 5.63 Å². The number of benzene rings is 2. The van der Waals surface area contributed by atoms with Crippen LogP contribution in [-0.2, 0) is 11.2 Å². The van der Waals surface area contributed by atoms with Crippen molar-refractivity contribution in [2.75, 3.05) is 6.61 Å². The molecule has 3 aliphatic carbocycles. The lowest BCUT2D eigenvalue weighted by atomic mass is 9.60. The van der Waals surface area contributed by atoms with E-state index in [1.807, 2.05) is 26.0 Å². The third-order valence-corrected chi connectivity index (χ3v) is 8.31. The first-order valence-corrected chi connectivity index (χ1v) is 13.2. The van der Waals surface area contributed by atoms with Gasteiger partial charge in [0.15, 0.2) is 11.5 Å². The number of allylic oxidation sites excluding steroid dienone is 3. The van der Waals surface area contributed by atoms with Crippen molar-refractivity contribution in [1.29, 1.82) is 0 Å². The van der Waals surface area contributed by atoms with Crippen LogP contribution in [0.15, 0.2) is 75.0 Å². The van der Waals surface area contributed by atoms with Crippen LogP contribution in [0.5, 0.6) is 17.2 Å². The molecule has 0 radical (unpaired) electrons. The maximum absolute atomic E-state index is 12.2. The molecule has 0 saturated heterocycles. The van der Waals surface area contributed by atoms with Crippen LogP contribution < -0.4 is 10.4 Å². The first kappa shape index (κ1) is 25.8. The number of hydrogen-bond acceptors (Lipinski definition) is 6. The summed E-state index contributed by atoms with van der Waals surface area (Å²) in [7, 11) is 0. The highest BCUT2D eigenvalue weighted by Crippen LogP contribution is 2.57. The number of fused-ring (bicyclic) bond motifs is 6. The zero-order valence-corrected chi connectivity index (χ0v) is 22.1. The van der Waals surface area contributed by atoms with Gasteiger partial charge in [-0.1, -0.05) is 30.2 Å². The Morgan fingerprint density at radius 3 is 2.71 bits per heavy atom. The van der Waals surface area contributed by atoms with E-state index in [0.717, 1.165) is 37.7 Å². The first-order chi connectivity index (χ1) is 18.2. The fraction of sp³-hybridized carbons (Fsp3) is 0.375. The van der Waals surface area contributed by atoms with E-state index in [4.69, 9.17) is 9.15 Å². The van der Waals surface area contributed by atoms with Crippen molar-refractivity contribution in [1.82, 2.24) is 0 Å². The molecule has 2 fully saturated rings. The average Bonchev–Trinajstić information content (AvgIpc) is 3.18. The molecule has 3 atom stereocenters. The van der Waals surface area contributed by atoms with E-state index in [0.29, 0.717) is 46.7 Å². The number of Topliss-reactive ketones (excluding diaryl/α,β-unsaturated/α-hetero) is 1. The molecule has 6 heteroatoms. The summed E-state index contributed by atoms with van der Waals surface area (Å²) in [5.74, 6) is 2.09. The Balaban J connectivity index is 0.000000156. The molecule has 2 aromatic carbocycles. The van der Waals surface area contributed by atoms with Crippen LogP contribution in [0.4, 0.5) is 0 Å². The summed E-state index contributed by atoms with van der Waals surface area (Å²) in [4.78, 5) is 23.3. The SMILES string of the molecule is CC(C)=CCOc1cc2oc(=O)ccc2cc1O.CC12CCC3C(=CCc4cc(O)ccc43)C1CCC2=O. The van der Waals surface area contributed by atoms with E-state index in [1.165, 1.54) is 34.9 Å². The van der Waals surface area contributed by atoms with E-state index in [1.54, 1.807) is 12.1 Å². The van der Waals surface area contributed by atoms with Crippen molar-refractivity contribution in [2.24, 2.45) is 11.3 Å². The highest BCUT2D eigenvalue weighted by atomic mass is 16.5. The summed E-state index contributed by atoms with van der Waals surface area (Å²) in [5.41, 5.74) is 5.13. The van der Waals surface area contributed by atoms with Crippen LogP contribution in [0, 0.1) is 11.3 Å². The summed E-state index contributed by atoms with van der Waals surface area (Å²) in [6.07, 6.45) is 9.01. The molecule has 0 bridgehead atoms. The number of ketones is 1. The van der Waals surface area contributed by atoms with Crippen molar-refractivity contribution in [2.45, 2.75) is 58.8 Å². The summed E-state index contributed by atoms with van der Waals surface area (Å²) < 4.78 is 10.4. The molecule has 3 aromatic rings. The van der Waals surface area contributed by atoms with Gasteiger partial charge in [-0.2, -0.15) is 0 Å². The minimum Gasteiger partial charge on any atom is -0.508 e. The van der Waals surface area contributed by atoms with Crippen LogP contribution in [0.25, 0.3) is 11.0 Å². The largest absolute Gasteiger partial charge is 0.508 e. The van der Waals surface area contributed by atoms with Gasteiger partial charge in [0.2, 0.25) is 0 Å². The topological polar surface area (TPSA) is 97.0 Å². The van der Waals surface area contributed by atoms with Crippen LogP contribution in [0.2, 0.25) is 0 Å². The van der Waals surface area contributed by atoms with Crippen LogP contribution in [0.3, 0.4) is 0 Å². The van der Waals surface area contributed by atoms with Gasteiger partial charge in [0.1, 0.15) is 23.7 Å². The van der Waals surface area contributed by atoms with Gasteiger partial charge in [0.25, 0.3) is 0 Å². The lowest BCUT2D eigenvalue weighted by Gasteiger charge is -2.43. The summed E-state index contributed by atoms with van der Waals surface area (Å²) in [6, 6.07) is 11.7. The van der Waals surface area contributed by atoms with Crippen LogP contribution in [0.1, 0.15) is 63.5 Å². The summed E-state index contributed by atoms with van der Waals surface area (Å²) >= 11 is 0. The van der Waals surface area contributed by atoms with Gasteiger partial charge in [-0.15, -0.1) is 0 Å². The monoisotopic (exact) mass is 514 g/mol. The Kier molecular flexibility index (Phi) is 6.91. The van der Waals surface area contributed by atoms with Gasteiger partial charge < -0.3 is 19.4 Å². The molecule has 6 rings (SSSR count). The summed E-state index contributed by atoms with van der Waals surface area (Å²) in [5, 5.41) is 20.1. The quantitative estimate of drug-likeness (QED) is 0.303. The maximum Gasteiger partial charge on any atom is 0.336 e. The predicted octanol–water partition coefficient (Wildman–Crippen LogP) is 6.58. The fourth-order valence-corrected chi connectivity index (χ4v) is 6.23. The average molecular weight is 515 g/mol. The highest BCUT2D eigenvalue weighted by molar-refractivity contribution is 5.88. The molecule has 0 amide bonds. The first-order valence-electron chi connectivity index (χ1n) is 13.2. The third kappa shape index (κ3) is 4.87. The number of ether oxygens (including phenoxy) is 1. The highest BCUT2D eigenvalue weighted by Gasteiger charge is 2.52. The number of phenolic OH excluding ortho intramolecular Hbond substituents is 2. The lowest BCUT2D eigenvalue weighted by molar-refractivity contribution is -0.126. The molecule has 3 aliphatic rings. The van der Waals surface area contributed by atoms with Crippen molar-refractivity contribution >= 4 is 16.8 Å². The molecule has 3 unspecified atom stereocenters. The van der Waals surface area contributed by atoms with Crippen molar-refractivity contribution < 1.29 is 24.2 Å². The van der Waals surface area contributed by atoms with Gasteiger partial charge in [-0.05, 0) is 86.9 Å². The van der Waals surface area contributed by atoms with E-state index in [9.17, 15) is 19.8 Å². The molecule has 1 aromatic heterocycles. The Labute approximate surface area is 222 Å². The Morgan fingerprint density at radius 2 is 1.92 bits per heavy atom. The second kappa shape index (κ2) is 10.2. The molecule has 38 heavy (non-hydrogen) atoms. The van der Waals surface area contributed by atoms with Gasteiger partial charge in [0.05, 0.1) is 0 Å². The zero-order valence-electron chi connectivity index (χ0n) is 22.1. The van der Waals surface area contributed by atoms with E-state index in [2.05, 4.69) is 19.1 Å². The number of carbonyl (C=O) groups is 1. The standard InChI is InChI=1S/C18H20O2.C14H14O4/c1-18-9-8-14-13-5-3-12(19)10-11(13)2-4-15(14)16(18)6-7-17(18)20;1-9(2)5-6-17-13-8-12-10(7-11(13)15)3-4-14(16)18-12/h3-5,10,14,16,19H,2,6-9H2,1H3;3-5,7-8,15H,6H2,1-2H3. The number of hydrogen-bond donors (Lipinski definition) is 2. The predicted molar refractivity (Wildman–Crippen MR) is 147 cm³/mol. The zero-order chi connectivity index (χ0) is 27.0. The summed E-state index contributed by atoms with van der Waals surface area (Å²) in [6.45, 7) is 6.46. The number of phenols is 2. The normalized spacial score (nSPS) is 23.3. The minimum atomic E-state index is -0.427. The Hall–Kier alpha value is -3.80. The molecule has 6 nitrogen and oxygen atoms in total. The molecule has 2 saturated carbocycles. The van der Waals surface area contributed by atoms with Crippen molar-refractivity contribution in [3.8, 4) is 17.2 Å². The maximum atomic E-state index is 12.2. The van der Waals surface area contributed by atoms with Crippen LogP contribution in [-0.4, -0.2) is 22.6 Å². The van der Waals surface area contributed by atoms with Gasteiger partial charge in [-0.25, -0.2) is 4.79 Å². The molecular formula is C32H34O6. The molecular weight excluding hydrogens is 480 g/mol. The number of carbonyl (C=O) groups excluding carboxylic acids is 1. The van der Waals surface area contributed by atoms with Crippen LogP contribution >= 0.6 is 0 Å². The second-order valence-electron chi connectivity index (χ2n) is 11.0. The molecule has 198 valence electrons. The van der Waals surface area contributed by atoms with Gasteiger partial charge >= 0.3 is 5.63 Å². The molecule has 0 spiro atoms. The minimum absolute atomic E-state index is 0.0264. The fourth-order valence-electron chi connectivity index (χ4n) is 6.23. The lowest BCUT2D eigenvalue weighted by Crippen LogP contribution is -2.37. The Bertz CT molecular complexity index is 1510. The van der Waals surface area contributed by atoms with E-state index in [-0.39, 0.29) is 11.2 Å². The second-order valence-corrected chi connectivity index (χ2v) is 11.0.